The summed E-state index contributed by atoms with van der Waals surface area (Å²) in [4.78, 5) is 1.20. The van der Waals surface area contributed by atoms with E-state index in [1.165, 1.54) is 10.4 Å². The molecule has 0 aliphatic heterocycles. The van der Waals surface area contributed by atoms with Gasteiger partial charge in [-0.3, -0.25) is 0 Å². The molecule has 0 saturated carbocycles. The number of rotatable bonds is 3. The van der Waals surface area contributed by atoms with Gasteiger partial charge in [-0.15, -0.1) is 11.3 Å². The van der Waals surface area contributed by atoms with Gasteiger partial charge in [0.05, 0.1) is 6.04 Å². The zero-order valence-corrected chi connectivity index (χ0v) is 9.15. The highest BCUT2D eigenvalue weighted by molar-refractivity contribution is 7.10. The molecule has 15 heavy (non-hydrogen) atoms. The van der Waals surface area contributed by atoms with Crippen molar-refractivity contribution in [3.8, 4) is 0 Å². The molecule has 2 heteroatoms. The highest BCUT2D eigenvalue weighted by atomic mass is 32.1. The monoisotopic (exact) mass is 215 g/mol. The first-order valence-electron chi connectivity index (χ1n) is 4.88. The maximum atomic E-state index is 6.01. The molecule has 76 valence electrons. The second-order valence-electron chi connectivity index (χ2n) is 3.31. The SMILES string of the molecule is NC(/C=C/c1ccccc1)c1cccs1. The van der Waals surface area contributed by atoms with E-state index in [9.17, 15) is 0 Å². The van der Waals surface area contributed by atoms with E-state index in [2.05, 4.69) is 24.3 Å². The summed E-state index contributed by atoms with van der Waals surface area (Å²) in [6, 6.07) is 14.3. The Balaban J connectivity index is 2.06. The van der Waals surface area contributed by atoms with Gasteiger partial charge in [0.25, 0.3) is 0 Å². The summed E-state index contributed by atoms with van der Waals surface area (Å²) < 4.78 is 0. The first-order valence-corrected chi connectivity index (χ1v) is 5.76. The molecule has 1 heterocycles. The van der Waals surface area contributed by atoms with Gasteiger partial charge in [0.1, 0.15) is 0 Å². The number of nitrogens with two attached hydrogens (primary N) is 1. The molecular formula is C13H13NS. The third-order valence-corrected chi connectivity index (χ3v) is 3.14. The van der Waals surface area contributed by atoms with Crippen LogP contribution in [-0.2, 0) is 0 Å². The third-order valence-electron chi connectivity index (χ3n) is 2.17. The first-order chi connectivity index (χ1) is 7.36. The highest BCUT2D eigenvalue weighted by Crippen LogP contribution is 2.18. The van der Waals surface area contributed by atoms with Crippen LogP contribution in [0.4, 0.5) is 0 Å². The molecule has 1 aromatic heterocycles. The fourth-order valence-corrected chi connectivity index (χ4v) is 2.06. The number of benzene rings is 1. The zero-order chi connectivity index (χ0) is 10.5. The fourth-order valence-electron chi connectivity index (χ4n) is 1.35. The molecule has 0 spiro atoms. The molecule has 0 amide bonds. The van der Waals surface area contributed by atoms with Crippen molar-refractivity contribution in [3.05, 3.63) is 64.4 Å². The van der Waals surface area contributed by atoms with E-state index >= 15 is 0 Å². The Hall–Kier alpha value is -1.38. The summed E-state index contributed by atoms with van der Waals surface area (Å²) in [5.41, 5.74) is 7.20. The van der Waals surface area contributed by atoms with E-state index in [0.29, 0.717) is 0 Å². The second kappa shape index (κ2) is 4.91. The summed E-state index contributed by atoms with van der Waals surface area (Å²) in [5.74, 6) is 0. The summed E-state index contributed by atoms with van der Waals surface area (Å²) in [6.45, 7) is 0. The number of thiophene rings is 1. The largest absolute Gasteiger partial charge is 0.320 e. The van der Waals surface area contributed by atoms with Crippen LogP contribution < -0.4 is 5.73 Å². The van der Waals surface area contributed by atoms with Crippen LogP contribution >= 0.6 is 11.3 Å². The first kappa shape index (κ1) is 10.1. The molecule has 0 fully saturated rings. The molecule has 0 bridgehead atoms. The Morgan fingerprint density at radius 1 is 1.07 bits per heavy atom. The minimum Gasteiger partial charge on any atom is -0.320 e. The van der Waals surface area contributed by atoms with Crippen molar-refractivity contribution in [1.82, 2.24) is 0 Å². The topological polar surface area (TPSA) is 26.0 Å². The Morgan fingerprint density at radius 2 is 1.87 bits per heavy atom. The number of hydrogen-bond donors (Lipinski definition) is 1. The van der Waals surface area contributed by atoms with Crippen LogP contribution in [0.3, 0.4) is 0 Å². The van der Waals surface area contributed by atoms with Crippen LogP contribution in [0.5, 0.6) is 0 Å². The fraction of sp³-hybridized carbons (Fsp3) is 0.0769. The zero-order valence-electron chi connectivity index (χ0n) is 8.34. The molecule has 1 atom stereocenters. The Kier molecular flexibility index (Phi) is 3.33. The van der Waals surface area contributed by atoms with Crippen molar-refractivity contribution >= 4 is 17.4 Å². The van der Waals surface area contributed by atoms with Crippen LogP contribution in [0.2, 0.25) is 0 Å². The van der Waals surface area contributed by atoms with Crippen molar-refractivity contribution in [2.75, 3.05) is 0 Å². The van der Waals surface area contributed by atoms with Crippen molar-refractivity contribution in [3.63, 3.8) is 0 Å². The van der Waals surface area contributed by atoms with E-state index in [1.807, 2.05) is 35.7 Å². The molecule has 2 rings (SSSR count). The molecular weight excluding hydrogens is 202 g/mol. The van der Waals surface area contributed by atoms with Crippen LogP contribution in [-0.4, -0.2) is 0 Å². The van der Waals surface area contributed by atoms with Gasteiger partial charge >= 0.3 is 0 Å². The average molecular weight is 215 g/mol. The molecule has 0 radical (unpaired) electrons. The van der Waals surface area contributed by atoms with Crippen LogP contribution in [0.15, 0.2) is 53.9 Å². The summed E-state index contributed by atoms with van der Waals surface area (Å²) in [7, 11) is 0. The third kappa shape index (κ3) is 2.78. The maximum Gasteiger partial charge on any atom is 0.0578 e. The Bertz CT molecular complexity index is 417. The lowest BCUT2D eigenvalue weighted by molar-refractivity contribution is 0.941. The van der Waals surface area contributed by atoms with Crippen LogP contribution in [0.25, 0.3) is 6.08 Å². The van der Waals surface area contributed by atoms with E-state index in [-0.39, 0.29) is 6.04 Å². The lowest BCUT2D eigenvalue weighted by Crippen LogP contribution is -2.04. The van der Waals surface area contributed by atoms with Gasteiger partial charge in [0.15, 0.2) is 0 Å². The van der Waals surface area contributed by atoms with Gasteiger partial charge in [0.2, 0.25) is 0 Å². The molecule has 2 aromatic rings. The maximum absolute atomic E-state index is 6.01. The van der Waals surface area contributed by atoms with E-state index in [1.54, 1.807) is 11.3 Å². The van der Waals surface area contributed by atoms with Gasteiger partial charge < -0.3 is 5.73 Å². The molecule has 1 nitrogen and oxygen atoms in total. The molecule has 0 aliphatic carbocycles. The van der Waals surface area contributed by atoms with E-state index in [4.69, 9.17) is 5.73 Å². The predicted octanol–water partition coefficient (Wildman–Crippen LogP) is 3.46. The van der Waals surface area contributed by atoms with Crippen molar-refractivity contribution in [2.45, 2.75) is 6.04 Å². The van der Waals surface area contributed by atoms with Crippen LogP contribution in [0.1, 0.15) is 16.5 Å². The molecule has 0 saturated heterocycles. The highest BCUT2D eigenvalue weighted by Gasteiger charge is 2.01. The Labute approximate surface area is 93.9 Å². The van der Waals surface area contributed by atoms with Gasteiger partial charge in [-0.2, -0.15) is 0 Å². The molecule has 1 aromatic carbocycles. The smallest absolute Gasteiger partial charge is 0.0578 e. The molecule has 1 unspecified atom stereocenters. The van der Waals surface area contributed by atoms with Gasteiger partial charge in [-0.05, 0) is 17.0 Å². The normalized spacial score (nSPS) is 13.1. The van der Waals surface area contributed by atoms with E-state index in [0.717, 1.165) is 0 Å². The lowest BCUT2D eigenvalue weighted by Gasteiger charge is -2.02. The molecule has 2 N–H and O–H groups in total. The Morgan fingerprint density at radius 3 is 2.53 bits per heavy atom. The lowest BCUT2D eigenvalue weighted by atomic mass is 10.1. The van der Waals surface area contributed by atoms with Crippen molar-refractivity contribution in [2.24, 2.45) is 5.73 Å². The average Bonchev–Trinajstić information content (AvgIpc) is 2.81. The standard InChI is InChI=1S/C13H13NS/c14-12(13-7-4-10-15-13)9-8-11-5-2-1-3-6-11/h1-10,12H,14H2/b9-8+. The van der Waals surface area contributed by atoms with Crippen molar-refractivity contribution in [1.29, 1.82) is 0 Å². The van der Waals surface area contributed by atoms with Crippen LogP contribution in [0, 0.1) is 0 Å². The summed E-state index contributed by atoms with van der Waals surface area (Å²) in [5, 5.41) is 2.05. The van der Waals surface area contributed by atoms with E-state index < -0.39 is 0 Å². The van der Waals surface area contributed by atoms with Crippen molar-refractivity contribution < 1.29 is 0 Å². The predicted molar refractivity (Wildman–Crippen MR) is 66.7 cm³/mol. The summed E-state index contributed by atoms with van der Waals surface area (Å²) >= 11 is 1.69. The van der Waals surface area contributed by atoms with Gasteiger partial charge in [0, 0.05) is 4.88 Å². The second-order valence-corrected chi connectivity index (χ2v) is 4.29. The minimum absolute atomic E-state index is 0.00482. The quantitative estimate of drug-likeness (QED) is 0.833. The van der Waals surface area contributed by atoms with Gasteiger partial charge in [-0.1, -0.05) is 48.6 Å². The summed E-state index contributed by atoms with van der Waals surface area (Å²) in [6.07, 6.45) is 4.09. The number of hydrogen-bond acceptors (Lipinski definition) is 2. The van der Waals surface area contributed by atoms with Gasteiger partial charge in [-0.25, -0.2) is 0 Å². The molecule has 0 aliphatic rings. The minimum atomic E-state index is 0.00482.